The number of nitro groups is 3. The Hall–Kier alpha value is -6.71. The second-order valence-electron chi connectivity index (χ2n) is 10.7. The van der Waals surface area contributed by atoms with Gasteiger partial charge >= 0.3 is 5.97 Å². The SMILES string of the molecule is O=C(CNc1ccc([N+](=O)[O-])cc1[N+](=O)[O-])N[C@@H](Cc1ccccc1)C(=O)N[C@@H](Cc1ccccc1)C(=O)OCc1ccc([N+](=O)[O-])cc1. The molecule has 3 N–H and O–H groups in total. The van der Waals surface area contributed by atoms with E-state index in [4.69, 9.17) is 4.74 Å². The molecule has 0 saturated heterocycles. The first-order valence-electron chi connectivity index (χ1n) is 14.7. The summed E-state index contributed by atoms with van der Waals surface area (Å²) in [4.78, 5) is 71.4. The fraction of sp³-hybridized carbons (Fsp3) is 0.182. The summed E-state index contributed by atoms with van der Waals surface area (Å²) in [6.45, 7) is -0.745. The zero-order valence-corrected chi connectivity index (χ0v) is 25.7. The fourth-order valence-corrected chi connectivity index (χ4v) is 4.70. The molecule has 16 heteroatoms. The van der Waals surface area contributed by atoms with Gasteiger partial charge < -0.3 is 20.7 Å². The minimum Gasteiger partial charge on any atom is -0.459 e. The molecule has 16 nitrogen and oxygen atoms in total. The Morgan fingerprint density at radius 2 is 1.18 bits per heavy atom. The highest BCUT2D eigenvalue weighted by atomic mass is 16.6. The predicted molar refractivity (Wildman–Crippen MR) is 175 cm³/mol. The second-order valence-corrected chi connectivity index (χ2v) is 10.7. The van der Waals surface area contributed by atoms with E-state index in [9.17, 15) is 44.7 Å². The number of hydrogen-bond donors (Lipinski definition) is 3. The molecule has 4 aromatic rings. The molecule has 0 aliphatic rings. The van der Waals surface area contributed by atoms with Gasteiger partial charge in [0.1, 0.15) is 24.4 Å². The van der Waals surface area contributed by atoms with Crippen molar-refractivity contribution in [1.82, 2.24) is 10.6 Å². The van der Waals surface area contributed by atoms with Crippen LogP contribution in [-0.4, -0.2) is 51.2 Å². The van der Waals surface area contributed by atoms with Crippen LogP contribution in [0.2, 0.25) is 0 Å². The van der Waals surface area contributed by atoms with Gasteiger partial charge in [-0.3, -0.25) is 39.9 Å². The van der Waals surface area contributed by atoms with Gasteiger partial charge in [0.2, 0.25) is 11.8 Å². The van der Waals surface area contributed by atoms with Crippen LogP contribution in [0.15, 0.2) is 103 Å². The molecule has 252 valence electrons. The third-order valence-corrected chi connectivity index (χ3v) is 7.17. The smallest absolute Gasteiger partial charge is 0.329 e. The highest BCUT2D eigenvalue weighted by Crippen LogP contribution is 2.28. The van der Waals surface area contributed by atoms with Crippen molar-refractivity contribution in [3.8, 4) is 0 Å². The van der Waals surface area contributed by atoms with Gasteiger partial charge in [-0.1, -0.05) is 60.7 Å². The average molecular weight is 671 g/mol. The van der Waals surface area contributed by atoms with E-state index in [1.54, 1.807) is 60.7 Å². The number of nitrogens with one attached hydrogen (secondary N) is 3. The Labute approximate surface area is 278 Å². The van der Waals surface area contributed by atoms with Crippen LogP contribution in [0.5, 0.6) is 0 Å². The van der Waals surface area contributed by atoms with Gasteiger partial charge in [0.25, 0.3) is 17.1 Å². The fourth-order valence-electron chi connectivity index (χ4n) is 4.70. The molecule has 4 aromatic carbocycles. The van der Waals surface area contributed by atoms with E-state index in [2.05, 4.69) is 16.0 Å². The van der Waals surface area contributed by atoms with Gasteiger partial charge in [0.15, 0.2) is 0 Å². The van der Waals surface area contributed by atoms with Crippen molar-refractivity contribution in [2.24, 2.45) is 0 Å². The number of carbonyl (C=O) groups is 3. The number of anilines is 1. The maximum atomic E-state index is 13.7. The van der Waals surface area contributed by atoms with Crippen molar-refractivity contribution in [2.45, 2.75) is 31.5 Å². The summed E-state index contributed by atoms with van der Waals surface area (Å²) in [5, 5.41) is 41.4. The number of nitro benzene ring substituents is 3. The molecule has 0 spiro atoms. The standard InChI is InChI=1S/C33H30N6O10/c40-31(20-34-27-16-15-26(38(45)46)19-30(27)39(47)48)35-28(17-22-7-3-1-4-8-22)32(41)36-29(18-23-9-5-2-6-10-23)33(42)49-21-24-11-13-25(14-12-24)37(43)44/h1-16,19,28-29,34H,17-18,20-21H2,(H,35,40)(H,36,41)/t28-,29-/m0/s1. The van der Waals surface area contributed by atoms with Gasteiger partial charge in [-0.2, -0.15) is 0 Å². The molecule has 0 fully saturated rings. The van der Waals surface area contributed by atoms with E-state index in [0.717, 1.165) is 18.2 Å². The van der Waals surface area contributed by atoms with Crippen molar-refractivity contribution >= 4 is 40.5 Å². The number of amides is 2. The van der Waals surface area contributed by atoms with Crippen LogP contribution in [0.1, 0.15) is 16.7 Å². The van der Waals surface area contributed by atoms with Gasteiger partial charge in [0, 0.05) is 31.0 Å². The summed E-state index contributed by atoms with van der Waals surface area (Å²) in [7, 11) is 0. The second kappa shape index (κ2) is 16.7. The number of esters is 1. The van der Waals surface area contributed by atoms with Crippen LogP contribution >= 0.6 is 0 Å². The Morgan fingerprint density at radius 1 is 0.633 bits per heavy atom. The number of ether oxygens (including phenoxy) is 1. The van der Waals surface area contributed by atoms with Crippen molar-refractivity contribution in [3.63, 3.8) is 0 Å². The maximum absolute atomic E-state index is 13.7. The van der Waals surface area contributed by atoms with Crippen LogP contribution in [-0.2, 0) is 38.6 Å². The third-order valence-electron chi connectivity index (χ3n) is 7.17. The monoisotopic (exact) mass is 670 g/mol. The summed E-state index contributed by atoms with van der Waals surface area (Å²) in [5.41, 5.74) is 0.485. The lowest BCUT2D eigenvalue weighted by atomic mass is 10.0. The lowest BCUT2D eigenvalue weighted by molar-refractivity contribution is -0.393. The number of rotatable bonds is 16. The molecule has 0 saturated carbocycles. The van der Waals surface area contributed by atoms with E-state index >= 15 is 0 Å². The summed E-state index contributed by atoms with van der Waals surface area (Å²) >= 11 is 0. The molecule has 0 bridgehead atoms. The van der Waals surface area contributed by atoms with E-state index in [1.165, 1.54) is 24.3 Å². The summed E-state index contributed by atoms with van der Waals surface area (Å²) in [6, 6.07) is 23.5. The minimum absolute atomic E-state index is 0.0198. The Balaban J connectivity index is 1.50. The van der Waals surface area contributed by atoms with Crippen molar-refractivity contribution < 1.29 is 33.9 Å². The van der Waals surface area contributed by atoms with Crippen LogP contribution < -0.4 is 16.0 Å². The largest absolute Gasteiger partial charge is 0.459 e. The molecular weight excluding hydrogens is 640 g/mol. The zero-order valence-electron chi connectivity index (χ0n) is 25.7. The number of benzene rings is 4. The van der Waals surface area contributed by atoms with Crippen molar-refractivity contribution in [2.75, 3.05) is 11.9 Å². The topological polar surface area (TPSA) is 226 Å². The zero-order chi connectivity index (χ0) is 35.3. The first-order chi connectivity index (χ1) is 23.5. The Kier molecular flexibility index (Phi) is 12.0. The normalized spacial score (nSPS) is 11.8. The van der Waals surface area contributed by atoms with Gasteiger partial charge in [0.05, 0.1) is 27.4 Å². The van der Waals surface area contributed by atoms with Gasteiger partial charge in [-0.15, -0.1) is 0 Å². The van der Waals surface area contributed by atoms with Crippen LogP contribution in [0.25, 0.3) is 0 Å². The van der Waals surface area contributed by atoms with E-state index in [1.807, 2.05) is 0 Å². The molecule has 0 heterocycles. The van der Waals surface area contributed by atoms with Crippen LogP contribution in [0.3, 0.4) is 0 Å². The highest BCUT2D eigenvalue weighted by Gasteiger charge is 2.29. The number of hydrogen-bond acceptors (Lipinski definition) is 11. The quantitative estimate of drug-likeness (QED) is 0.0876. The molecule has 0 aromatic heterocycles. The molecule has 0 radical (unpaired) electrons. The molecule has 49 heavy (non-hydrogen) atoms. The number of non-ortho nitro benzene ring substituents is 2. The first-order valence-corrected chi connectivity index (χ1v) is 14.7. The minimum atomic E-state index is -1.20. The average Bonchev–Trinajstić information content (AvgIpc) is 3.10. The van der Waals surface area contributed by atoms with E-state index < -0.39 is 62.6 Å². The Morgan fingerprint density at radius 3 is 1.73 bits per heavy atom. The molecule has 0 aliphatic carbocycles. The van der Waals surface area contributed by atoms with Gasteiger partial charge in [-0.05, 0) is 34.9 Å². The van der Waals surface area contributed by atoms with Crippen molar-refractivity contribution in [1.29, 1.82) is 0 Å². The van der Waals surface area contributed by atoms with Crippen molar-refractivity contribution in [3.05, 3.63) is 150 Å². The van der Waals surface area contributed by atoms with Crippen LogP contribution in [0, 0.1) is 30.3 Å². The predicted octanol–water partition coefficient (Wildman–Crippen LogP) is 4.02. The molecule has 4 rings (SSSR count). The highest BCUT2D eigenvalue weighted by molar-refractivity contribution is 5.92. The molecule has 2 atom stereocenters. The van der Waals surface area contributed by atoms with Crippen LogP contribution in [0.4, 0.5) is 22.7 Å². The summed E-state index contributed by atoms with van der Waals surface area (Å²) < 4.78 is 5.47. The van der Waals surface area contributed by atoms with Gasteiger partial charge in [-0.25, -0.2) is 4.79 Å². The summed E-state index contributed by atoms with van der Waals surface area (Å²) in [6.07, 6.45) is 0.0645. The lowest BCUT2D eigenvalue weighted by Gasteiger charge is -2.23. The number of carbonyl (C=O) groups excluding carboxylic acids is 3. The van der Waals surface area contributed by atoms with E-state index in [0.29, 0.717) is 16.7 Å². The summed E-state index contributed by atoms with van der Waals surface area (Å²) in [5.74, 6) is -2.23. The lowest BCUT2D eigenvalue weighted by Crippen LogP contribution is -2.54. The molecular formula is C33H30N6O10. The third kappa shape index (κ3) is 10.4. The molecule has 2 amide bonds. The molecule has 0 unspecified atom stereocenters. The Bertz CT molecular complexity index is 1820. The molecule has 0 aliphatic heterocycles. The first kappa shape index (κ1) is 35.1. The number of nitrogens with zero attached hydrogens (tertiary/aromatic N) is 3. The van der Waals surface area contributed by atoms with E-state index in [-0.39, 0.29) is 30.8 Å². The maximum Gasteiger partial charge on any atom is 0.329 e.